The first-order valence-corrected chi connectivity index (χ1v) is 10.3. The van der Waals surface area contributed by atoms with Crippen molar-refractivity contribution in [2.75, 3.05) is 19.7 Å². The van der Waals surface area contributed by atoms with E-state index in [2.05, 4.69) is 5.32 Å². The SMILES string of the molecule is Cc1ccc(S(=O)(=O)N2CCC(NC(=O)C3CCCO3)CC2)cc1C. The molecule has 6 nitrogen and oxygen atoms in total. The molecular formula is C18H26N2O4S. The molecule has 0 radical (unpaired) electrons. The van der Waals surface area contributed by atoms with Crippen molar-refractivity contribution in [2.45, 2.75) is 56.6 Å². The number of amides is 1. The summed E-state index contributed by atoms with van der Waals surface area (Å²) in [4.78, 5) is 12.5. The second kappa shape index (κ2) is 7.43. The molecule has 0 bridgehead atoms. The van der Waals surface area contributed by atoms with Crippen LogP contribution >= 0.6 is 0 Å². The molecule has 1 atom stereocenters. The minimum absolute atomic E-state index is 0.0166. The molecule has 0 aromatic heterocycles. The van der Waals surface area contributed by atoms with E-state index in [-0.39, 0.29) is 18.1 Å². The number of hydrogen-bond donors (Lipinski definition) is 1. The summed E-state index contributed by atoms with van der Waals surface area (Å²) >= 11 is 0. The highest BCUT2D eigenvalue weighted by atomic mass is 32.2. The van der Waals surface area contributed by atoms with Gasteiger partial charge in [0, 0.05) is 25.7 Å². The fourth-order valence-corrected chi connectivity index (χ4v) is 4.90. The summed E-state index contributed by atoms with van der Waals surface area (Å²) in [6.45, 7) is 5.37. The summed E-state index contributed by atoms with van der Waals surface area (Å²) < 4.78 is 32.5. The molecular weight excluding hydrogens is 340 g/mol. The van der Waals surface area contributed by atoms with Crippen LogP contribution in [-0.4, -0.2) is 50.5 Å². The second-order valence-corrected chi connectivity index (χ2v) is 8.87. The number of carbonyl (C=O) groups excluding carboxylic acids is 1. The van der Waals surface area contributed by atoms with Gasteiger partial charge in [0.25, 0.3) is 0 Å². The van der Waals surface area contributed by atoms with Gasteiger partial charge in [-0.3, -0.25) is 4.79 Å². The summed E-state index contributed by atoms with van der Waals surface area (Å²) in [5.74, 6) is -0.0621. The number of nitrogens with one attached hydrogen (secondary N) is 1. The van der Waals surface area contributed by atoms with Crippen LogP contribution in [-0.2, 0) is 19.6 Å². The molecule has 0 spiro atoms. The fourth-order valence-electron chi connectivity index (χ4n) is 3.34. The van der Waals surface area contributed by atoms with E-state index in [1.165, 1.54) is 4.31 Å². The summed E-state index contributed by atoms with van der Waals surface area (Å²) in [6, 6.07) is 5.26. The molecule has 138 valence electrons. The Kier molecular flexibility index (Phi) is 5.46. The first-order chi connectivity index (χ1) is 11.9. The summed E-state index contributed by atoms with van der Waals surface area (Å²) in [5, 5.41) is 3.00. The van der Waals surface area contributed by atoms with E-state index in [0.717, 1.165) is 24.0 Å². The van der Waals surface area contributed by atoms with E-state index >= 15 is 0 Å². The van der Waals surface area contributed by atoms with Gasteiger partial charge in [-0.15, -0.1) is 0 Å². The third-order valence-corrected chi connectivity index (χ3v) is 7.03. The lowest BCUT2D eigenvalue weighted by molar-refractivity contribution is -0.131. The molecule has 2 saturated heterocycles. The van der Waals surface area contributed by atoms with Crippen molar-refractivity contribution in [3.8, 4) is 0 Å². The predicted molar refractivity (Wildman–Crippen MR) is 94.8 cm³/mol. The molecule has 2 aliphatic heterocycles. The molecule has 1 N–H and O–H groups in total. The van der Waals surface area contributed by atoms with Crippen LogP contribution in [0.2, 0.25) is 0 Å². The van der Waals surface area contributed by atoms with Crippen molar-refractivity contribution >= 4 is 15.9 Å². The van der Waals surface area contributed by atoms with Crippen LogP contribution in [0.3, 0.4) is 0 Å². The molecule has 1 amide bonds. The van der Waals surface area contributed by atoms with Gasteiger partial charge in [0.1, 0.15) is 6.10 Å². The van der Waals surface area contributed by atoms with Crippen LogP contribution in [0.5, 0.6) is 0 Å². The van der Waals surface area contributed by atoms with Crippen LogP contribution in [0.1, 0.15) is 36.8 Å². The molecule has 2 aliphatic rings. The van der Waals surface area contributed by atoms with Crippen LogP contribution in [0.25, 0.3) is 0 Å². The maximum atomic E-state index is 12.8. The zero-order valence-electron chi connectivity index (χ0n) is 14.8. The summed E-state index contributed by atoms with van der Waals surface area (Å²) in [6.07, 6.45) is 2.61. The van der Waals surface area contributed by atoms with Crippen molar-refractivity contribution in [3.05, 3.63) is 29.3 Å². The van der Waals surface area contributed by atoms with Crippen LogP contribution in [0, 0.1) is 13.8 Å². The lowest BCUT2D eigenvalue weighted by atomic mass is 10.1. The minimum atomic E-state index is -3.47. The van der Waals surface area contributed by atoms with E-state index < -0.39 is 10.0 Å². The van der Waals surface area contributed by atoms with Crippen LogP contribution < -0.4 is 5.32 Å². The Morgan fingerprint density at radius 3 is 2.48 bits per heavy atom. The third kappa shape index (κ3) is 4.04. The van der Waals surface area contributed by atoms with Crippen molar-refractivity contribution in [3.63, 3.8) is 0 Å². The highest BCUT2D eigenvalue weighted by molar-refractivity contribution is 7.89. The van der Waals surface area contributed by atoms with Crippen molar-refractivity contribution < 1.29 is 17.9 Å². The van der Waals surface area contributed by atoms with Crippen LogP contribution in [0.15, 0.2) is 23.1 Å². The predicted octanol–water partition coefficient (Wildman–Crippen LogP) is 1.75. The molecule has 0 saturated carbocycles. The lowest BCUT2D eigenvalue weighted by Gasteiger charge is -2.32. The molecule has 2 heterocycles. The second-order valence-electron chi connectivity index (χ2n) is 6.93. The summed E-state index contributed by atoms with van der Waals surface area (Å²) in [7, 11) is -3.47. The highest BCUT2D eigenvalue weighted by Gasteiger charge is 2.32. The largest absolute Gasteiger partial charge is 0.368 e. The zero-order valence-corrected chi connectivity index (χ0v) is 15.6. The molecule has 2 fully saturated rings. The molecule has 0 aliphatic carbocycles. The molecule has 1 aromatic rings. The fraction of sp³-hybridized carbons (Fsp3) is 0.611. The van der Waals surface area contributed by atoms with E-state index in [4.69, 9.17) is 4.74 Å². The van der Waals surface area contributed by atoms with E-state index in [9.17, 15) is 13.2 Å². The highest BCUT2D eigenvalue weighted by Crippen LogP contribution is 2.23. The lowest BCUT2D eigenvalue weighted by Crippen LogP contribution is -2.48. The Hall–Kier alpha value is -1.44. The van der Waals surface area contributed by atoms with Gasteiger partial charge in [-0.2, -0.15) is 4.31 Å². The monoisotopic (exact) mass is 366 g/mol. The van der Waals surface area contributed by atoms with Gasteiger partial charge >= 0.3 is 0 Å². The van der Waals surface area contributed by atoms with Gasteiger partial charge < -0.3 is 10.1 Å². The Morgan fingerprint density at radius 1 is 1.16 bits per heavy atom. The Morgan fingerprint density at radius 2 is 1.88 bits per heavy atom. The number of rotatable bonds is 4. The topological polar surface area (TPSA) is 75.7 Å². The standard InChI is InChI=1S/C18H26N2O4S/c1-13-5-6-16(12-14(13)2)25(22,23)20-9-7-15(8-10-20)19-18(21)17-4-3-11-24-17/h5-6,12,15,17H,3-4,7-11H2,1-2H3,(H,19,21). The van der Waals surface area contributed by atoms with Crippen molar-refractivity contribution in [1.29, 1.82) is 0 Å². The van der Waals surface area contributed by atoms with Gasteiger partial charge in [-0.05, 0) is 62.8 Å². The number of carbonyl (C=O) groups is 1. The molecule has 1 unspecified atom stereocenters. The van der Waals surface area contributed by atoms with Crippen LogP contribution in [0.4, 0.5) is 0 Å². The van der Waals surface area contributed by atoms with Gasteiger partial charge in [0.15, 0.2) is 0 Å². The number of ether oxygens (including phenoxy) is 1. The maximum absolute atomic E-state index is 12.8. The quantitative estimate of drug-likeness (QED) is 0.881. The van der Waals surface area contributed by atoms with Gasteiger partial charge in [-0.1, -0.05) is 6.07 Å². The maximum Gasteiger partial charge on any atom is 0.249 e. The van der Waals surface area contributed by atoms with E-state index in [1.807, 2.05) is 19.9 Å². The van der Waals surface area contributed by atoms with Crippen molar-refractivity contribution in [2.24, 2.45) is 0 Å². The van der Waals surface area contributed by atoms with Gasteiger partial charge in [-0.25, -0.2) is 8.42 Å². The van der Waals surface area contributed by atoms with E-state index in [0.29, 0.717) is 37.4 Å². The minimum Gasteiger partial charge on any atom is -0.368 e. The molecule has 3 rings (SSSR count). The average Bonchev–Trinajstić information content (AvgIpc) is 3.12. The van der Waals surface area contributed by atoms with E-state index in [1.54, 1.807) is 12.1 Å². The first-order valence-electron chi connectivity index (χ1n) is 8.87. The van der Waals surface area contributed by atoms with Crippen molar-refractivity contribution in [1.82, 2.24) is 9.62 Å². The number of nitrogens with zero attached hydrogens (tertiary/aromatic N) is 1. The number of sulfonamides is 1. The number of benzene rings is 1. The Bertz CT molecular complexity index is 733. The number of hydrogen-bond acceptors (Lipinski definition) is 4. The number of aryl methyl sites for hydroxylation is 2. The first kappa shape index (κ1) is 18.4. The van der Waals surface area contributed by atoms with Gasteiger partial charge in [0.2, 0.25) is 15.9 Å². The molecule has 25 heavy (non-hydrogen) atoms. The Labute approximate surface area is 149 Å². The normalized spacial score (nSPS) is 22.9. The average molecular weight is 366 g/mol. The smallest absolute Gasteiger partial charge is 0.249 e. The molecule has 7 heteroatoms. The molecule has 1 aromatic carbocycles. The third-order valence-electron chi connectivity index (χ3n) is 5.14. The van der Waals surface area contributed by atoms with Gasteiger partial charge in [0.05, 0.1) is 4.90 Å². The summed E-state index contributed by atoms with van der Waals surface area (Å²) in [5.41, 5.74) is 2.05. The number of piperidine rings is 1. The zero-order chi connectivity index (χ0) is 18.0. The Balaban J connectivity index is 1.59.